The summed E-state index contributed by atoms with van der Waals surface area (Å²) in [4.78, 5) is 117. The van der Waals surface area contributed by atoms with Crippen molar-refractivity contribution in [2.75, 3.05) is 34.3 Å². The molecule has 6 amide bonds. The normalized spacial score (nSPS) is 18.5. The Morgan fingerprint density at radius 2 is 1.07 bits per heavy atom. The minimum atomic E-state index is -1.05. The molecule has 2 saturated heterocycles. The van der Waals surface area contributed by atoms with Gasteiger partial charge in [0, 0.05) is 81.8 Å². The van der Waals surface area contributed by atoms with Gasteiger partial charge in [0.25, 0.3) is 0 Å². The predicted molar refractivity (Wildman–Crippen MR) is 304 cm³/mol. The van der Waals surface area contributed by atoms with Crippen LogP contribution in [-0.2, 0) is 65.4 Å². The molecular weight excluding hydrogens is 1050 g/mol. The van der Waals surface area contributed by atoms with Crippen LogP contribution in [0.4, 0.5) is 13.6 Å². The van der Waals surface area contributed by atoms with E-state index < -0.39 is 107 Å². The van der Waals surface area contributed by atoms with Crippen LogP contribution in [0.5, 0.6) is 0 Å². The number of nitrogens with one attached hydrogen (secondary N) is 4. The number of ether oxygens (including phenoxy) is 4. The number of fused-ring (bicyclic) bond motifs is 2. The predicted octanol–water partition coefficient (Wildman–Crippen LogP) is 7.72. The summed E-state index contributed by atoms with van der Waals surface area (Å²) in [6, 6.07) is 3.25. The molecule has 0 bridgehead atoms. The van der Waals surface area contributed by atoms with Crippen LogP contribution in [-0.4, -0.2) is 172 Å². The Morgan fingerprint density at radius 3 is 1.41 bits per heavy atom. The lowest BCUT2D eigenvalue weighted by atomic mass is 9.94. The number of amides is 6. The van der Waals surface area contributed by atoms with Gasteiger partial charge in [-0.1, -0.05) is 27.7 Å². The molecule has 22 heteroatoms. The molecule has 4 N–H and O–H groups in total. The molecule has 448 valence electrons. The van der Waals surface area contributed by atoms with Crippen molar-refractivity contribution in [2.45, 2.75) is 195 Å². The average molecular weight is 1140 g/mol. The van der Waals surface area contributed by atoms with Crippen LogP contribution in [0.25, 0.3) is 33.2 Å². The lowest BCUT2D eigenvalue weighted by molar-refractivity contribution is -0.147. The van der Waals surface area contributed by atoms with Crippen molar-refractivity contribution in [3.63, 3.8) is 0 Å². The van der Waals surface area contributed by atoms with Crippen LogP contribution in [0.1, 0.15) is 134 Å². The Hall–Kier alpha value is -7.10. The molecule has 0 saturated carbocycles. The second kappa shape index (κ2) is 28.5. The van der Waals surface area contributed by atoms with Crippen molar-refractivity contribution in [1.82, 2.24) is 40.2 Å². The van der Waals surface area contributed by atoms with Crippen molar-refractivity contribution in [3.8, 4) is 11.4 Å². The van der Waals surface area contributed by atoms with Gasteiger partial charge in [-0.3, -0.25) is 38.5 Å². The van der Waals surface area contributed by atoms with Gasteiger partial charge in [-0.15, -0.1) is 0 Å². The zero-order valence-electron chi connectivity index (χ0n) is 50.3. The smallest absolute Gasteiger partial charge is 0.410 e. The zero-order valence-corrected chi connectivity index (χ0v) is 50.3. The van der Waals surface area contributed by atoms with Gasteiger partial charge in [-0.2, -0.15) is 0 Å². The Morgan fingerprint density at radius 1 is 0.691 bits per heavy atom. The van der Waals surface area contributed by atoms with Crippen molar-refractivity contribution < 1.29 is 66.1 Å². The minimum absolute atomic E-state index is 0.00695. The third-order valence-electron chi connectivity index (χ3n) is 14.3. The van der Waals surface area contributed by atoms with E-state index in [9.17, 15) is 38.4 Å². The Kier molecular flexibility index (Phi) is 23.4. The highest BCUT2D eigenvalue weighted by Gasteiger charge is 2.43. The van der Waals surface area contributed by atoms with Gasteiger partial charge in [0.05, 0.1) is 30.1 Å². The van der Waals surface area contributed by atoms with Crippen molar-refractivity contribution >= 4 is 69.9 Å². The highest BCUT2D eigenvalue weighted by atomic mass is 19.1. The van der Waals surface area contributed by atoms with E-state index in [1.807, 2.05) is 34.6 Å². The summed E-state index contributed by atoms with van der Waals surface area (Å²) in [6.45, 7) is 24.2. The highest BCUT2D eigenvalue weighted by molar-refractivity contribution is 5.97. The van der Waals surface area contributed by atoms with Crippen LogP contribution in [0.2, 0.25) is 0 Å². The number of aromatic amines is 2. The van der Waals surface area contributed by atoms with Gasteiger partial charge < -0.3 is 54.2 Å². The topological polar surface area (TPSA) is 242 Å². The largest absolute Gasteiger partial charge is 0.461 e. The lowest BCUT2D eigenvalue weighted by Crippen LogP contribution is -2.55. The van der Waals surface area contributed by atoms with E-state index in [4.69, 9.17) is 18.9 Å². The van der Waals surface area contributed by atoms with E-state index >= 15 is 8.78 Å². The highest BCUT2D eigenvalue weighted by Crippen LogP contribution is 2.40. The summed E-state index contributed by atoms with van der Waals surface area (Å²) in [6.07, 6.45) is -0.625. The van der Waals surface area contributed by atoms with Crippen LogP contribution < -0.4 is 10.6 Å². The number of hydrogen-bond acceptors (Lipinski definition) is 12. The maximum absolute atomic E-state index is 15.1. The van der Waals surface area contributed by atoms with Gasteiger partial charge in [-0.25, -0.2) is 13.6 Å². The molecule has 2 aliphatic heterocycles. The molecule has 6 rings (SSSR count). The summed E-state index contributed by atoms with van der Waals surface area (Å²) >= 11 is 0. The summed E-state index contributed by atoms with van der Waals surface area (Å²) < 4.78 is 51.9. The van der Waals surface area contributed by atoms with E-state index in [1.165, 1.54) is 71.0 Å². The fourth-order valence-corrected chi connectivity index (χ4v) is 9.70. The zero-order chi connectivity index (χ0) is 61.0. The number of likely N-dealkylation sites (N-methyl/N-ethyl adjacent to an activating group) is 2. The number of hydrogen-bond donors (Lipinski definition) is 4. The van der Waals surface area contributed by atoms with Gasteiger partial charge in [-0.05, 0) is 129 Å². The van der Waals surface area contributed by atoms with Gasteiger partial charge in [0.2, 0.25) is 30.0 Å². The first-order chi connectivity index (χ1) is 37.9. The van der Waals surface area contributed by atoms with Crippen molar-refractivity contribution in [3.05, 3.63) is 59.2 Å². The number of benzene rings is 2. The third-order valence-corrected chi connectivity index (χ3v) is 14.3. The monoisotopic (exact) mass is 1140 g/mol. The second-order valence-corrected chi connectivity index (χ2v) is 22.4. The lowest BCUT2D eigenvalue weighted by Gasteiger charge is -2.31. The number of rotatable bonds is 18. The first-order valence-corrected chi connectivity index (χ1v) is 27.7. The molecule has 81 heavy (non-hydrogen) atoms. The molecule has 4 heterocycles. The van der Waals surface area contributed by atoms with E-state index in [0.29, 0.717) is 50.7 Å². The van der Waals surface area contributed by atoms with E-state index in [0.717, 1.165) is 4.90 Å². The number of carbonyl (C=O) groups excluding carboxylic acids is 8. The van der Waals surface area contributed by atoms with E-state index in [2.05, 4.69) is 20.6 Å². The molecule has 2 fully saturated rings. The van der Waals surface area contributed by atoms with Crippen molar-refractivity contribution in [1.29, 1.82) is 0 Å². The van der Waals surface area contributed by atoms with Crippen molar-refractivity contribution in [2.24, 2.45) is 0 Å². The first-order valence-electron chi connectivity index (χ1n) is 27.7. The van der Waals surface area contributed by atoms with Gasteiger partial charge in [0.15, 0.2) is 0 Å². The fourth-order valence-electron chi connectivity index (χ4n) is 9.70. The molecule has 20 nitrogen and oxygen atoms in total. The first kappa shape index (κ1) is 66.4. The maximum Gasteiger partial charge on any atom is 0.410 e. The standard InChI is InChI=1S/C52H68F2N8O11.C5H12O.C2H6/c1-12-41(57-47(66)27(3)59(10)26-63)49(68)61-24-35(71-29(5)64)20-33(61)22-39-37-16-14-31(53)18-43(37)55-45(39)46-40(38-17-15-32(54)19-44(38)56-46)23-34-21-36(72-30(6)65)25-62(34)50(69)42(13-2)58-48(67)28(4)60(11)51(70)73-52(7,8)9;1-5(2,3)6-4;1-2/h14-19,26-28,33-36,41-42,55-56H,12-13,20-25H2,1-11H3,(H,57,66)(H,58,67);1-4H3;1-2H3/t27-,28-,33?,34?,35?,36?,41?,42?;;/m0../s1. The maximum atomic E-state index is 15.1. The van der Waals surface area contributed by atoms with Gasteiger partial charge >= 0.3 is 18.0 Å². The number of methoxy groups -OCH3 is 1. The summed E-state index contributed by atoms with van der Waals surface area (Å²) in [5.74, 6) is -4.22. The minimum Gasteiger partial charge on any atom is -0.461 e. The average Bonchev–Trinajstić information content (AvgIpc) is 4.27. The van der Waals surface area contributed by atoms with Crippen LogP contribution in [0.3, 0.4) is 0 Å². The Labute approximate surface area is 474 Å². The van der Waals surface area contributed by atoms with Crippen LogP contribution in [0.15, 0.2) is 36.4 Å². The fraction of sp³-hybridized carbons (Fsp3) is 0.593. The number of carbonyl (C=O) groups is 8. The number of likely N-dealkylation sites (tertiary alicyclic amines) is 2. The molecule has 8 atom stereocenters. The van der Waals surface area contributed by atoms with E-state index in [-0.39, 0.29) is 57.2 Å². The Balaban J connectivity index is 0.00000165. The molecule has 0 spiro atoms. The molecule has 6 unspecified atom stereocenters. The SMILES string of the molecule is CC.CCC(NC(=O)[C@H](C)N(C)C=O)C(=O)N1CC(OC(C)=O)CC1Cc1c(-c2[nH]c3cc(F)ccc3c2CC2CC(OC(C)=O)CN2C(=O)C(CC)NC(=O)[C@H](C)N(C)C(=O)OC(C)(C)C)[nH]c2cc(F)ccc12.COC(C)(C)C. The summed E-state index contributed by atoms with van der Waals surface area (Å²) in [5, 5.41) is 6.78. The number of aromatic nitrogens is 2. The Bertz CT molecular complexity index is 2870. The summed E-state index contributed by atoms with van der Waals surface area (Å²) in [5.41, 5.74) is 2.22. The quantitative estimate of drug-likeness (QED) is 0.0425. The molecular formula is C59H86F2N8O12. The number of nitrogens with zero attached hydrogens (tertiary/aromatic N) is 4. The number of esters is 2. The van der Waals surface area contributed by atoms with Crippen LogP contribution in [0, 0.1) is 11.6 Å². The number of halogens is 2. The molecule has 2 aromatic carbocycles. The summed E-state index contributed by atoms with van der Waals surface area (Å²) in [7, 11) is 4.58. The second-order valence-electron chi connectivity index (χ2n) is 22.4. The molecule has 2 aliphatic rings. The van der Waals surface area contributed by atoms with Crippen LogP contribution >= 0.6 is 0 Å². The van der Waals surface area contributed by atoms with E-state index in [1.54, 1.807) is 63.7 Å². The van der Waals surface area contributed by atoms with Gasteiger partial charge in [0.1, 0.15) is 53.6 Å². The number of H-pyrrole nitrogens is 2. The molecule has 0 radical (unpaired) electrons. The molecule has 2 aromatic heterocycles. The third kappa shape index (κ3) is 17.5. The molecule has 4 aromatic rings. The molecule has 0 aliphatic carbocycles.